The molecule has 0 radical (unpaired) electrons. The Balaban J connectivity index is 2.17. The van der Waals surface area contributed by atoms with E-state index in [9.17, 15) is 0 Å². The van der Waals surface area contributed by atoms with Crippen LogP contribution in [-0.4, -0.2) is 13.1 Å². The number of hydrogen-bond acceptors (Lipinski definition) is 1. The van der Waals surface area contributed by atoms with Gasteiger partial charge in [-0.1, -0.05) is 38.5 Å². The number of rotatable bonds is 3. The van der Waals surface area contributed by atoms with Crippen molar-refractivity contribution in [3.8, 4) is 0 Å². The van der Waals surface area contributed by atoms with Crippen LogP contribution in [-0.2, 0) is 0 Å². The molecule has 0 aromatic heterocycles. The van der Waals surface area contributed by atoms with Gasteiger partial charge in [0.1, 0.15) is 0 Å². The summed E-state index contributed by atoms with van der Waals surface area (Å²) < 4.78 is 0. The molecule has 0 fully saturated rings. The molecule has 0 saturated carbocycles. The summed E-state index contributed by atoms with van der Waals surface area (Å²) in [5.74, 6) is 0.711. The molecule has 76 valence electrons. The van der Waals surface area contributed by atoms with Gasteiger partial charge in [0.15, 0.2) is 0 Å². The quantitative estimate of drug-likeness (QED) is 0.704. The first kappa shape index (κ1) is 9.57. The highest BCUT2D eigenvalue weighted by molar-refractivity contribution is 5.59. The number of fused-ring (bicyclic) bond motifs is 1. The molecule has 1 atom stereocenters. The number of nitrogens with zero attached hydrogens (tertiary/aromatic N) is 1. The number of benzene rings is 1. The average Bonchev–Trinajstić information content (AvgIpc) is 2.54. The van der Waals surface area contributed by atoms with Crippen LogP contribution in [0.3, 0.4) is 0 Å². The Bertz CT molecular complexity index is 306. The molecule has 1 unspecified atom stereocenters. The Morgan fingerprint density at radius 3 is 2.93 bits per heavy atom. The predicted octanol–water partition coefficient (Wildman–Crippen LogP) is 3.41. The van der Waals surface area contributed by atoms with Crippen molar-refractivity contribution < 1.29 is 0 Å². The van der Waals surface area contributed by atoms with Crippen molar-refractivity contribution in [1.29, 1.82) is 0 Å². The molecule has 1 nitrogen and oxygen atoms in total. The first-order valence-corrected chi connectivity index (χ1v) is 5.66. The molecule has 0 bridgehead atoms. The summed E-state index contributed by atoms with van der Waals surface area (Å²) in [5, 5.41) is 0. The van der Waals surface area contributed by atoms with Gasteiger partial charge in [-0.05, 0) is 18.1 Å². The van der Waals surface area contributed by atoms with Crippen LogP contribution in [0.1, 0.15) is 38.2 Å². The molecule has 1 aliphatic rings. The Labute approximate surface area is 86.7 Å². The molecule has 1 heterocycles. The smallest absolute Gasteiger partial charge is 0.0402 e. The van der Waals surface area contributed by atoms with Crippen LogP contribution in [0.4, 0.5) is 5.69 Å². The molecule has 0 aliphatic carbocycles. The van der Waals surface area contributed by atoms with Crippen LogP contribution in [0, 0.1) is 0 Å². The zero-order valence-corrected chi connectivity index (χ0v) is 9.16. The second-order valence-electron chi connectivity index (χ2n) is 4.26. The van der Waals surface area contributed by atoms with Gasteiger partial charge in [-0.25, -0.2) is 0 Å². The van der Waals surface area contributed by atoms with Gasteiger partial charge < -0.3 is 4.90 Å². The minimum Gasteiger partial charge on any atom is -0.371 e. The minimum absolute atomic E-state index is 0.711. The lowest BCUT2D eigenvalue weighted by molar-refractivity contribution is 0.699. The van der Waals surface area contributed by atoms with Gasteiger partial charge in [0.2, 0.25) is 0 Å². The molecule has 14 heavy (non-hydrogen) atoms. The van der Waals surface area contributed by atoms with Gasteiger partial charge in [-0.15, -0.1) is 0 Å². The number of hydrogen-bond donors (Lipinski definition) is 0. The highest BCUT2D eigenvalue weighted by Gasteiger charge is 2.23. The summed E-state index contributed by atoms with van der Waals surface area (Å²) in [6.07, 6.45) is 2.59. The molecule has 1 aromatic carbocycles. The average molecular weight is 189 g/mol. The van der Waals surface area contributed by atoms with E-state index in [1.54, 1.807) is 0 Å². The van der Waals surface area contributed by atoms with Gasteiger partial charge in [0.05, 0.1) is 0 Å². The van der Waals surface area contributed by atoms with Crippen molar-refractivity contribution in [2.24, 2.45) is 0 Å². The van der Waals surface area contributed by atoms with Crippen LogP contribution in [0.15, 0.2) is 24.3 Å². The molecular weight excluding hydrogens is 170 g/mol. The lowest BCUT2D eigenvalue weighted by Crippen LogP contribution is -2.22. The maximum atomic E-state index is 2.53. The van der Waals surface area contributed by atoms with E-state index < -0.39 is 0 Å². The van der Waals surface area contributed by atoms with E-state index in [0.717, 1.165) is 0 Å². The Morgan fingerprint density at radius 1 is 1.36 bits per heavy atom. The number of unbranched alkanes of at least 4 members (excludes halogenated alkanes) is 1. The molecule has 1 aromatic rings. The minimum atomic E-state index is 0.711. The molecule has 1 aliphatic heterocycles. The summed E-state index contributed by atoms with van der Waals surface area (Å²) in [6, 6.07) is 8.83. The van der Waals surface area contributed by atoms with Crippen molar-refractivity contribution in [3.63, 3.8) is 0 Å². The van der Waals surface area contributed by atoms with Gasteiger partial charge >= 0.3 is 0 Å². The van der Waals surface area contributed by atoms with Crippen molar-refractivity contribution in [2.45, 2.75) is 32.6 Å². The topological polar surface area (TPSA) is 3.24 Å². The highest BCUT2D eigenvalue weighted by Crippen LogP contribution is 2.35. The highest BCUT2D eigenvalue weighted by atomic mass is 15.1. The third-order valence-electron chi connectivity index (χ3n) is 3.08. The second kappa shape index (κ2) is 4.04. The van der Waals surface area contributed by atoms with Crippen LogP contribution >= 0.6 is 0 Å². The fourth-order valence-electron chi connectivity index (χ4n) is 2.28. The third kappa shape index (κ3) is 1.63. The first-order chi connectivity index (χ1) is 6.83. The Hall–Kier alpha value is -0.980. The van der Waals surface area contributed by atoms with Crippen LogP contribution in [0.5, 0.6) is 0 Å². The van der Waals surface area contributed by atoms with Crippen molar-refractivity contribution in [1.82, 2.24) is 0 Å². The summed E-state index contributed by atoms with van der Waals surface area (Å²) in [6.45, 7) is 7.01. The van der Waals surface area contributed by atoms with Gasteiger partial charge in [-0.2, -0.15) is 0 Å². The lowest BCUT2D eigenvalue weighted by atomic mass is 10.0. The fourth-order valence-corrected chi connectivity index (χ4v) is 2.28. The maximum absolute atomic E-state index is 2.53. The lowest BCUT2D eigenvalue weighted by Gasteiger charge is -2.18. The summed E-state index contributed by atoms with van der Waals surface area (Å²) in [4.78, 5) is 2.53. The normalized spacial score (nSPS) is 19.9. The van der Waals surface area contributed by atoms with Gasteiger partial charge in [0.25, 0.3) is 0 Å². The third-order valence-corrected chi connectivity index (χ3v) is 3.08. The van der Waals surface area contributed by atoms with Crippen LogP contribution in [0.2, 0.25) is 0 Å². The van der Waals surface area contributed by atoms with Gasteiger partial charge in [-0.3, -0.25) is 0 Å². The monoisotopic (exact) mass is 189 g/mol. The standard InChI is InChI=1S/C13H19N/c1-3-4-9-14-10-11(2)12-7-5-6-8-13(12)14/h5-8,11H,3-4,9-10H2,1-2H3. The fraction of sp³-hybridized carbons (Fsp3) is 0.538. The molecule has 2 rings (SSSR count). The zero-order chi connectivity index (χ0) is 9.97. The maximum Gasteiger partial charge on any atom is 0.0402 e. The number of para-hydroxylation sites is 1. The SMILES string of the molecule is CCCCN1CC(C)c2ccccc21. The van der Waals surface area contributed by atoms with Crippen molar-refractivity contribution in [3.05, 3.63) is 29.8 Å². The molecule has 0 amide bonds. The van der Waals surface area contributed by atoms with E-state index >= 15 is 0 Å². The van der Waals surface area contributed by atoms with Crippen LogP contribution < -0.4 is 4.90 Å². The molecule has 0 saturated heterocycles. The van der Waals surface area contributed by atoms with E-state index in [1.165, 1.54) is 37.2 Å². The van der Waals surface area contributed by atoms with Gasteiger partial charge in [0, 0.05) is 24.7 Å². The van der Waals surface area contributed by atoms with E-state index in [2.05, 4.69) is 43.0 Å². The number of anilines is 1. The van der Waals surface area contributed by atoms with Crippen molar-refractivity contribution >= 4 is 5.69 Å². The van der Waals surface area contributed by atoms with Crippen molar-refractivity contribution in [2.75, 3.05) is 18.0 Å². The first-order valence-electron chi connectivity index (χ1n) is 5.66. The van der Waals surface area contributed by atoms with E-state index in [-0.39, 0.29) is 0 Å². The largest absolute Gasteiger partial charge is 0.371 e. The van der Waals surface area contributed by atoms with E-state index in [0.29, 0.717) is 5.92 Å². The summed E-state index contributed by atoms with van der Waals surface area (Å²) in [7, 11) is 0. The summed E-state index contributed by atoms with van der Waals surface area (Å²) in [5.41, 5.74) is 3.00. The molecule has 1 heteroatoms. The molecular formula is C13H19N. The molecule has 0 N–H and O–H groups in total. The zero-order valence-electron chi connectivity index (χ0n) is 9.16. The van der Waals surface area contributed by atoms with Crippen LogP contribution in [0.25, 0.3) is 0 Å². The Morgan fingerprint density at radius 2 is 2.14 bits per heavy atom. The van der Waals surface area contributed by atoms with E-state index in [1.807, 2.05) is 0 Å². The molecule has 0 spiro atoms. The van der Waals surface area contributed by atoms with E-state index in [4.69, 9.17) is 0 Å². The Kier molecular flexibility index (Phi) is 2.76. The predicted molar refractivity (Wildman–Crippen MR) is 62.0 cm³/mol. The summed E-state index contributed by atoms with van der Waals surface area (Å²) >= 11 is 0. The second-order valence-corrected chi connectivity index (χ2v) is 4.26.